The monoisotopic (exact) mass is 445 g/mol. The van der Waals surface area contributed by atoms with E-state index in [2.05, 4.69) is 10.2 Å². The molecule has 2 N–H and O–H groups in total. The number of likely N-dealkylation sites (N-methyl/N-ethyl adjacent to an activating group) is 1. The maximum atomic E-state index is 12.5. The fourth-order valence-corrected chi connectivity index (χ4v) is 4.66. The Hall–Kier alpha value is -1.72. The van der Waals surface area contributed by atoms with Gasteiger partial charge in [-0.15, -0.1) is 0 Å². The van der Waals surface area contributed by atoms with Crippen LogP contribution in [0.25, 0.3) is 0 Å². The van der Waals surface area contributed by atoms with Crippen LogP contribution >= 0.6 is 11.6 Å². The molecule has 9 nitrogen and oxygen atoms in total. The smallest absolute Gasteiger partial charge is 0.265 e. The van der Waals surface area contributed by atoms with Crippen molar-refractivity contribution in [2.24, 2.45) is 0 Å². The molecule has 2 saturated heterocycles. The lowest BCUT2D eigenvalue weighted by atomic mass is 10.1. The number of hydrogen-bond donors (Lipinski definition) is 2. The molecule has 1 aromatic rings. The highest BCUT2D eigenvalue weighted by molar-refractivity contribution is 7.90. The van der Waals surface area contributed by atoms with Gasteiger partial charge in [-0.2, -0.15) is 0 Å². The Kier molecular flexibility index (Phi) is 7.12. The molecule has 29 heavy (non-hydrogen) atoms. The number of hydrogen-bond acceptors (Lipinski definition) is 7. The van der Waals surface area contributed by atoms with Crippen LogP contribution in [0.5, 0.6) is 0 Å². The number of halogens is 1. The number of likely N-dealkylation sites (tertiary alicyclic amines) is 1. The van der Waals surface area contributed by atoms with Crippen LogP contribution in [0.4, 0.5) is 0 Å². The lowest BCUT2D eigenvalue weighted by molar-refractivity contribution is -0.145. The van der Waals surface area contributed by atoms with E-state index in [0.717, 1.165) is 32.0 Å². The van der Waals surface area contributed by atoms with E-state index >= 15 is 0 Å². The summed E-state index contributed by atoms with van der Waals surface area (Å²) in [7, 11) is -2.18. The molecule has 2 atom stereocenters. The van der Waals surface area contributed by atoms with Gasteiger partial charge in [0.25, 0.3) is 21.8 Å². The number of ether oxygens (including phenoxy) is 2. The fourth-order valence-electron chi connectivity index (χ4n) is 3.29. The van der Waals surface area contributed by atoms with Crippen LogP contribution < -0.4 is 10.0 Å². The summed E-state index contributed by atoms with van der Waals surface area (Å²) in [5.74, 6) is -1.18. The molecule has 0 radical (unpaired) electrons. The Bertz CT molecular complexity index is 872. The van der Waals surface area contributed by atoms with Gasteiger partial charge in [0, 0.05) is 12.6 Å². The van der Waals surface area contributed by atoms with Gasteiger partial charge in [-0.3, -0.25) is 9.59 Å². The number of nitrogens with zero attached hydrogens (tertiary/aromatic N) is 1. The maximum absolute atomic E-state index is 12.5. The molecule has 11 heteroatoms. The van der Waals surface area contributed by atoms with Crippen LogP contribution in [0.3, 0.4) is 0 Å². The third-order valence-electron chi connectivity index (χ3n) is 4.80. The zero-order chi connectivity index (χ0) is 21.0. The molecule has 0 aliphatic carbocycles. The summed E-state index contributed by atoms with van der Waals surface area (Å²) in [5.41, 5.74) is 0.175. The first-order valence-corrected chi connectivity index (χ1v) is 11.2. The molecule has 0 aromatic heterocycles. The summed E-state index contributed by atoms with van der Waals surface area (Å²) < 4.78 is 37.2. The number of nitrogens with one attached hydrogen (secondary N) is 2. The van der Waals surface area contributed by atoms with Gasteiger partial charge in [-0.25, -0.2) is 13.1 Å². The van der Waals surface area contributed by atoms with E-state index in [9.17, 15) is 18.0 Å². The summed E-state index contributed by atoms with van der Waals surface area (Å²) in [5, 5.41) is 2.91. The van der Waals surface area contributed by atoms with Crippen molar-refractivity contribution in [1.82, 2.24) is 14.9 Å². The lowest BCUT2D eigenvalue weighted by Crippen LogP contribution is -2.46. The number of benzene rings is 1. The van der Waals surface area contributed by atoms with E-state index in [1.807, 2.05) is 11.8 Å². The van der Waals surface area contributed by atoms with Gasteiger partial charge in [0.1, 0.15) is 0 Å². The fraction of sp³-hybridized carbons (Fsp3) is 0.556. The largest absolute Gasteiger partial charge is 0.376 e. The van der Waals surface area contributed by atoms with Gasteiger partial charge in [0.15, 0.2) is 6.10 Å². The number of rotatable bonds is 5. The van der Waals surface area contributed by atoms with Crippen molar-refractivity contribution in [3.05, 3.63) is 28.8 Å². The Morgan fingerprint density at radius 1 is 1.28 bits per heavy atom. The highest BCUT2D eigenvalue weighted by atomic mass is 35.5. The van der Waals surface area contributed by atoms with E-state index in [1.54, 1.807) is 0 Å². The first-order valence-electron chi connectivity index (χ1n) is 9.31. The zero-order valence-corrected chi connectivity index (χ0v) is 17.6. The zero-order valence-electron chi connectivity index (χ0n) is 16.0. The average Bonchev–Trinajstić information content (AvgIpc) is 2.68. The summed E-state index contributed by atoms with van der Waals surface area (Å²) >= 11 is 6.17. The van der Waals surface area contributed by atoms with Crippen molar-refractivity contribution >= 4 is 33.4 Å². The van der Waals surface area contributed by atoms with Crippen LogP contribution in [0.15, 0.2) is 23.1 Å². The first kappa shape index (κ1) is 22.0. The van der Waals surface area contributed by atoms with E-state index < -0.39 is 22.0 Å². The SMILES string of the molecule is CN1CCC[C@H](NC(=O)c2ccc(S(=O)(=O)NC(=O)C3COCCO3)cc2Cl)C1. The van der Waals surface area contributed by atoms with E-state index in [-0.39, 0.29) is 40.6 Å². The van der Waals surface area contributed by atoms with Crippen LogP contribution in [-0.4, -0.2) is 77.2 Å². The van der Waals surface area contributed by atoms with Crippen LogP contribution in [-0.2, 0) is 24.3 Å². The quantitative estimate of drug-likeness (QED) is 0.673. The minimum absolute atomic E-state index is 0.0118. The summed E-state index contributed by atoms with van der Waals surface area (Å²) in [4.78, 5) is 26.5. The van der Waals surface area contributed by atoms with Crippen molar-refractivity contribution in [3.63, 3.8) is 0 Å². The molecule has 160 valence electrons. The van der Waals surface area contributed by atoms with Crippen molar-refractivity contribution in [2.75, 3.05) is 40.0 Å². The Morgan fingerprint density at radius 3 is 2.72 bits per heavy atom. The van der Waals surface area contributed by atoms with E-state index in [1.165, 1.54) is 12.1 Å². The highest BCUT2D eigenvalue weighted by Gasteiger charge is 2.28. The molecular weight excluding hydrogens is 422 g/mol. The molecule has 2 fully saturated rings. The standard InChI is InChI=1S/C18H24ClN3O6S/c1-22-6-2-3-12(10-22)20-17(23)14-5-4-13(9-15(14)19)29(25,26)21-18(24)16-11-27-7-8-28-16/h4-5,9,12,16H,2-3,6-8,10-11H2,1H3,(H,20,23)(H,21,24)/t12-,16?/m0/s1. The molecule has 2 aliphatic rings. The Balaban J connectivity index is 1.67. The second kappa shape index (κ2) is 9.40. The number of amides is 2. The number of piperidine rings is 1. The molecule has 0 bridgehead atoms. The second-order valence-corrected chi connectivity index (χ2v) is 9.21. The van der Waals surface area contributed by atoms with Crippen molar-refractivity contribution in [2.45, 2.75) is 29.9 Å². The van der Waals surface area contributed by atoms with Crippen LogP contribution in [0.2, 0.25) is 5.02 Å². The molecular formula is C18H24ClN3O6S. The molecule has 2 heterocycles. The third-order valence-corrected chi connectivity index (χ3v) is 6.46. The first-order chi connectivity index (χ1) is 13.8. The van der Waals surface area contributed by atoms with Gasteiger partial charge < -0.3 is 19.7 Å². The van der Waals surface area contributed by atoms with E-state index in [0.29, 0.717) is 6.61 Å². The van der Waals surface area contributed by atoms with Gasteiger partial charge >= 0.3 is 0 Å². The third kappa shape index (κ3) is 5.67. The van der Waals surface area contributed by atoms with Gasteiger partial charge in [0.05, 0.1) is 35.3 Å². The van der Waals surface area contributed by atoms with Gasteiger partial charge in [-0.05, 0) is 44.6 Å². The molecule has 3 rings (SSSR count). The molecule has 1 aromatic carbocycles. The lowest BCUT2D eigenvalue weighted by Gasteiger charge is -2.30. The van der Waals surface area contributed by atoms with Crippen LogP contribution in [0, 0.1) is 0 Å². The van der Waals surface area contributed by atoms with Crippen molar-refractivity contribution < 1.29 is 27.5 Å². The molecule has 2 amide bonds. The number of sulfonamides is 1. The summed E-state index contributed by atoms with van der Waals surface area (Å²) in [6.45, 7) is 2.28. The van der Waals surface area contributed by atoms with Crippen molar-refractivity contribution in [1.29, 1.82) is 0 Å². The Morgan fingerprint density at radius 2 is 2.07 bits per heavy atom. The molecule has 0 spiro atoms. The topological polar surface area (TPSA) is 114 Å². The van der Waals surface area contributed by atoms with Crippen LogP contribution in [0.1, 0.15) is 23.2 Å². The minimum Gasteiger partial charge on any atom is -0.376 e. The second-order valence-electron chi connectivity index (χ2n) is 7.12. The molecule has 2 aliphatic heterocycles. The number of carbonyl (C=O) groups excluding carboxylic acids is 2. The molecule has 1 unspecified atom stereocenters. The predicted octanol–water partition coefficient (Wildman–Crippen LogP) is 0.384. The normalized spacial score (nSPS) is 23.4. The summed E-state index contributed by atoms with van der Waals surface area (Å²) in [6, 6.07) is 3.74. The van der Waals surface area contributed by atoms with E-state index in [4.69, 9.17) is 21.1 Å². The average molecular weight is 446 g/mol. The van der Waals surface area contributed by atoms with Gasteiger partial charge in [-0.1, -0.05) is 11.6 Å². The van der Waals surface area contributed by atoms with Gasteiger partial charge in [0.2, 0.25) is 0 Å². The maximum Gasteiger partial charge on any atom is 0.265 e. The minimum atomic E-state index is -4.17. The van der Waals surface area contributed by atoms with Crippen molar-refractivity contribution in [3.8, 4) is 0 Å². The predicted molar refractivity (Wildman–Crippen MR) is 105 cm³/mol. The number of carbonyl (C=O) groups is 2. The molecule has 0 saturated carbocycles. The Labute approximate surface area is 174 Å². The highest BCUT2D eigenvalue weighted by Crippen LogP contribution is 2.22. The summed E-state index contributed by atoms with van der Waals surface area (Å²) in [6.07, 6.45) is 0.869.